The van der Waals surface area contributed by atoms with Gasteiger partial charge in [0.15, 0.2) is 11.5 Å². The van der Waals surface area contributed by atoms with Crippen LogP contribution in [0.4, 0.5) is 10.2 Å². The van der Waals surface area contributed by atoms with Crippen LogP contribution in [-0.4, -0.2) is 34.5 Å². The Morgan fingerprint density at radius 3 is 2.61 bits per heavy atom. The zero-order valence-corrected chi connectivity index (χ0v) is 17.7. The number of anilines is 1. The Bertz CT molecular complexity index is 874. The Morgan fingerprint density at radius 2 is 2.00 bits per heavy atom. The number of aromatic nitrogens is 2. The van der Waals surface area contributed by atoms with Gasteiger partial charge in [-0.15, -0.1) is 0 Å². The maximum atomic E-state index is 14.1. The lowest BCUT2D eigenvalue weighted by atomic mass is 9.97. The molecular weight excluding hydrogens is 423 g/mol. The lowest BCUT2D eigenvalue weighted by molar-refractivity contribution is 0.0895. The van der Waals surface area contributed by atoms with Gasteiger partial charge >= 0.3 is 0 Å². The van der Waals surface area contributed by atoms with Crippen molar-refractivity contribution in [3.05, 3.63) is 52.1 Å². The average Bonchev–Trinajstić information content (AvgIpc) is 3.17. The molecule has 2 aromatic rings. The van der Waals surface area contributed by atoms with Crippen molar-refractivity contribution in [1.29, 1.82) is 0 Å². The first-order valence-electron chi connectivity index (χ1n) is 9.71. The maximum Gasteiger partial charge on any atom is 0.273 e. The van der Waals surface area contributed by atoms with Crippen LogP contribution in [0.3, 0.4) is 0 Å². The van der Waals surface area contributed by atoms with Crippen molar-refractivity contribution in [2.24, 2.45) is 11.8 Å². The first-order chi connectivity index (χ1) is 13.4. The van der Waals surface area contributed by atoms with Gasteiger partial charge in [-0.05, 0) is 78.2 Å². The van der Waals surface area contributed by atoms with Gasteiger partial charge in [-0.1, -0.05) is 6.92 Å². The van der Waals surface area contributed by atoms with Crippen molar-refractivity contribution in [1.82, 2.24) is 15.3 Å². The van der Waals surface area contributed by atoms with E-state index in [0.29, 0.717) is 18.3 Å². The van der Waals surface area contributed by atoms with E-state index < -0.39 is 11.7 Å². The molecule has 2 fully saturated rings. The molecule has 1 aliphatic carbocycles. The lowest BCUT2D eigenvalue weighted by Gasteiger charge is -2.28. The molecule has 0 aromatic carbocycles. The minimum Gasteiger partial charge on any atom is -0.356 e. The van der Waals surface area contributed by atoms with Crippen LogP contribution >= 0.6 is 15.9 Å². The maximum absolute atomic E-state index is 14.1. The molecule has 28 heavy (non-hydrogen) atoms. The third kappa shape index (κ3) is 3.77. The second-order valence-electron chi connectivity index (χ2n) is 8.17. The molecule has 5 nitrogen and oxygen atoms in total. The highest BCUT2D eigenvalue weighted by molar-refractivity contribution is 9.10. The second kappa shape index (κ2) is 7.43. The summed E-state index contributed by atoms with van der Waals surface area (Å²) >= 11 is 3.42. The van der Waals surface area contributed by atoms with E-state index >= 15 is 0 Å². The SMILES string of the molecule is CCc1ccc(F)c(C(=O)NC2(C)CC3CN(c4ccc(Br)cn4)CC3C2)n1. The minimum atomic E-state index is -0.566. The van der Waals surface area contributed by atoms with Crippen molar-refractivity contribution >= 4 is 27.7 Å². The van der Waals surface area contributed by atoms with Gasteiger partial charge in [0.05, 0.1) is 0 Å². The highest BCUT2D eigenvalue weighted by Gasteiger charge is 2.47. The van der Waals surface area contributed by atoms with Crippen molar-refractivity contribution < 1.29 is 9.18 Å². The monoisotopic (exact) mass is 446 g/mol. The van der Waals surface area contributed by atoms with Crippen molar-refractivity contribution in [2.75, 3.05) is 18.0 Å². The number of hydrogen-bond donors (Lipinski definition) is 1. The standard InChI is InChI=1S/C21H24BrFN4O/c1-3-16-5-6-17(23)19(25-16)20(28)26-21(2)8-13-11-27(12-14(13)9-21)18-7-4-15(22)10-24-18/h4-7,10,13-14H,3,8-9,11-12H2,1-2H3,(H,26,28). The summed E-state index contributed by atoms with van der Waals surface area (Å²) in [5, 5.41) is 3.07. The first kappa shape index (κ1) is 19.3. The quantitative estimate of drug-likeness (QED) is 0.771. The van der Waals surface area contributed by atoms with E-state index in [-0.39, 0.29) is 11.2 Å². The summed E-state index contributed by atoms with van der Waals surface area (Å²) in [4.78, 5) is 23.7. The average molecular weight is 447 g/mol. The zero-order chi connectivity index (χ0) is 19.9. The third-order valence-electron chi connectivity index (χ3n) is 5.93. The van der Waals surface area contributed by atoms with Crippen LogP contribution in [0.15, 0.2) is 34.9 Å². The summed E-state index contributed by atoms with van der Waals surface area (Å²) < 4.78 is 15.1. The lowest BCUT2D eigenvalue weighted by Crippen LogP contribution is -2.45. The van der Waals surface area contributed by atoms with Crippen LogP contribution in [0.1, 0.15) is 42.9 Å². The first-order valence-corrected chi connectivity index (χ1v) is 10.5. The third-order valence-corrected chi connectivity index (χ3v) is 6.40. The molecule has 148 valence electrons. The minimum absolute atomic E-state index is 0.0988. The second-order valence-corrected chi connectivity index (χ2v) is 9.09. The van der Waals surface area contributed by atoms with Crippen LogP contribution < -0.4 is 10.2 Å². The number of rotatable bonds is 4. The van der Waals surface area contributed by atoms with Gasteiger partial charge in [-0.25, -0.2) is 14.4 Å². The van der Waals surface area contributed by atoms with Gasteiger partial charge in [0.25, 0.3) is 5.91 Å². The highest BCUT2D eigenvalue weighted by atomic mass is 79.9. The van der Waals surface area contributed by atoms with E-state index in [1.54, 1.807) is 6.07 Å². The topological polar surface area (TPSA) is 58.1 Å². The molecule has 2 unspecified atom stereocenters. The molecule has 0 spiro atoms. The van der Waals surface area contributed by atoms with Crippen LogP contribution in [0, 0.1) is 17.7 Å². The van der Waals surface area contributed by atoms with Gasteiger partial charge in [0, 0.05) is 35.0 Å². The summed E-state index contributed by atoms with van der Waals surface area (Å²) in [6.07, 6.45) is 4.25. The smallest absolute Gasteiger partial charge is 0.273 e. The molecule has 1 amide bonds. The molecular formula is C21H24BrFN4O. The Balaban J connectivity index is 1.42. The number of halogens is 2. The van der Waals surface area contributed by atoms with Gasteiger partial charge in [0.2, 0.25) is 0 Å². The molecule has 1 saturated carbocycles. The summed E-state index contributed by atoms with van der Waals surface area (Å²) in [5.41, 5.74) is 0.290. The molecule has 7 heteroatoms. The fourth-order valence-electron chi connectivity index (χ4n) is 4.66. The van der Waals surface area contributed by atoms with Crippen molar-refractivity contribution in [2.45, 2.75) is 38.6 Å². The van der Waals surface area contributed by atoms with E-state index in [1.165, 1.54) is 6.07 Å². The zero-order valence-electron chi connectivity index (χ0n) is 16.1. The molecule has 0 radical (unpaired) electrons. The highest BCUT2D eigenvalue weighted by Crippen LogP contribution is 2.44. The Hall–Kier alpha value is -2.02. The predicted molar refractivity (Wildman–Crippen MR) is 110 cm³/mol. The molecule has 3 heterocycles. The van der Waals surface area contributed by atoms with Gasteiger partial charge in [-0.3, -0.25) is 4.79 Å². The molecule has 2 atom stereocenters. The van der Waals surface area contributed by atoms with Crippen LogP contribution in [-0.2, 0) is 6.42 Å². The van der Waals surface area contributed by atoms with E-state index in [1.807, 2.05) is 25.3 Å². The van der Waals surface area contributed by atoms with Crippen LogP contribution in [0.2, 0.25) is 0 Å². The fraction of sp³-hybridized carbons (Fsp3) is 0.476. The molecule has 2 aromatic heterocycles. The summed E-state index contributed by atoms with van der Waals surface area (Å²) in [7, 11) is 0. The number of hydrogen-bond acceptors (Lipinski definition) is 4. The van der Waals surface area contributed by atoms with Crippen LogP contribution in [0.5, 0.6) is 0 Å². The fourth-order valence-corrected chi connectivity index (χ4v) is 4.89. The predicted octanol–water partition coefficient (Wildman–Crippen LogP) is 3.98. The van der Waals surface area contributed by atoms with E-state index in [4.69, 9.17) is 0 Å². The van der Waals surface area contributed by atoms with E-state index in [0.717, 1.165) is 41.9 Å². The molecule has 1 N–H and O–H groups in total. The van der Waals surface area contributed by atoms with E-state index in [9.17, 15) is 9.18 Å². The Morgan fingerprint density at radius 1 is 1.29 bits per heavy atom. The van der Waals surface area contributed by atoms with Crippen LogP contribution in [0.25, 0.3) is 0 Å². The number of aryl methyl sites for hydroxylation is 1. The van der Waals surface area contributed by atoms with Crippen molar-refractivity contribution in [3.8, 4) is 0 Å². The summed E-state index contributed by atoms with van der Waals surface area (Å²) in [5.74, 6) is 1.00. The number of nitrogens with one attached hydrogen (secondary N) is 1. The van der Waals surface area contributed by atoms with Gasteiger partial charge < -0.3 is 10.2 Å². The molecule has 1 aliphatic heterocycles. The number of carbonyl (C=O) groups excluding carboxylic acids is 1. The molecule has 0 bridgehead atoms. The Kier molecular flexibility index (Phi) is 5.12. The molecule has 2 aliphatic rings. The van der Waals surface area contributed by atoms with Crippen molar-refractivity contribution in [3.63, 3.8) is 0 Å². The van der Waals surface area contributed by atoms with E-state index in [2.05, 4.69) is 43.0 Å². The summed E-state index contributed by atoms with van der Waals surface area (Å²) in [6.45, 7) is 5.87. The number of fused-ring (bicyclic) bond motifs is 1. The number of nitrogens with zero attached hydrogens (tertiary/aromatic N) is 3. The van der Waals surface area contributed by atoms with Gasteiger partial charge in [0.1, 0.15) is 5.82 Å². The largest absolute Gasteiger partial charge is 0.356 e. The molecule has 4 rings (SSSR count). The number of pyridine rings is 2. The van der Waals surface area contributed by atoms with Gasteiger partial charge in [-0.2, -0.15) is 0 Å². The summed E-state index contributed by atoms with van der Waals surface area (Å²) in [6, 6.07) is 6.99. The molecule has 1 saturated heterocycles. The number of carbonyl (C=O) groups is 1. The normalized spacial score (nSPS) is 26.4. The number of amides is 1. The Labute approximate surface area is 172 Å².